The second-order valence-corrected chi connectivity index (χ2v) is 7.28. The fourth-order valence-electron chi connectivity index (χ4n) is 2.90. The highest BCUT2D eigenvalue weighted by Gasteiger charge is 2.23. The monoisotopic (exact) mass is 333 g/mol. The third kappa shape index (κ3) is 2.89. The van der Waals surface area contributed by atoms with Crippen LogP contribution < -0.4 is 4.72 Å². The van der Waals surface area contributed by atoms with Crippen LogP contribution in [0.4, 0.5) is 0 Å². The molecule has 1 aromatic carbocycles. The van der Waals surface area contributed by atoms with Crippen molar-refractivity contribution in [3.63, 3.8) is 0 Å². The largest absolute Gasteiger partial charge is 0.360 e. The number of H-pyrrole nitrogens is 1. The van der Waals surface area contributed by atoms with Crippen molar-refractivity contribution < 1.29 is 12.9 Å². The highest BCUT2D eigenvalue weighted by Crippen LogP contribution is 2.22. The third-order valence-corrected chi connectivity index (χ3v) is 5.64. The number of nitrogens with zero attached hydrogens (tertiary/aromatic N) is 1. The van der Waals surface area contributed by atoms with Crippen LogP contribution in [0.1, 0.15) is 22.7 Å². The van der Waals surface area contributed by atoms with Crippen molar-refractivity contribution in [2.45, 2.75) is 32.1 Å². The first kappa shape index (κ1) is 15.8. The Labute approximate surface area is 134 Å². The molecule has 0 spiro atoms. The second-order valence-electron chi connectivity index (χ2n) is 5.58. The van der Waals surface area contributed by atoms with Crippen molar-refractivity contribution in [1.82, 2.24) is 14.9 Å². The van der Waals surface area contributed by atoms with Crippen molar-refractivity contribution >= 4 is 20.9 Å². The molecule has 0 aliphatic carbocycles. The Hall–Kier alpha value is -2.12. The summed E-state index contributed by atoms with van der Waals surface area (Å²) in [4.78, 5) is 3.45. The maximum absolute atomic E-state index is 12.4. The van der Waals surface area contributed by atoms with Gasteiger partial charge in [0.1, 0.15) is 10.6 Å². The van der Waals surface area contributed by atoms with E-state index >= 15 is 0 Å². The average Bonchev–Trinajstić information content (AvgIpc) is 2.99. The SMILES string of the molecule is Cc1noc(C)c1S(=O)(=O)NCCc1c(C)[nH]c2ccccc12. The van der Waals surface area contributed by atoms with Crippen LogP contribution in [0.5, 0.6) is 0 Å². The second kappa shape index (κ2) is 5.82. The smallest absolute Gasteiger partial charge is 0.245 e. The summed E-state index contributed by atoms with van der Waals surface area (Å²) in [5.41, 5.74) is 3.62. The molecule has 0 atom stereocenters. The zero-order chi connectivity index (χ0) is 16.6. The van der Waals surface area contributed by atoms with Crippen LogP contribution in [0.2, 0.25) is 0 Å². The van der Waals surface area contributed by atoms with E-state index in [1.54, 1.807) is 13.8 Å². The first-order valence-corrected chi connectivity index (χ1v) is 8.87. The fourth-order valence-corrected chi connectivity index (χ4v) is 4.25. The van der Waals surface area contributed by atoms with Crippen LogP contribution in [0.3, 0.4) is 0 Å². The Kier molecular flexibility index (Phi) is 3.99. The summed E-state index contributed by atoms with van der Waals surface area (Å²) >= 11 is 0. The topological polar surface area (TPSA) is 88.0 Å². The van der Waals surface area contributed by atoms with E-state index in [9.17, 15) is 8.42 Å². The van der Waals surface area contributed by atoms with Crippen molar-refractivity contribution in [3.05, 3.63) is 47.0 Å². The summed E-state index contributed by atoms with van der Waals surface area (Å²) in [6.07, 6.45) is 0.610. The summed E-state index contributed by atoms with van der Waals surface area (Å²) in [5, 5.41) is 4.82. The van der Waals surface area contributed by atoms with Crippen molar-refractivity contribution in [2.24, 2.45) is 0 Å². The maximum atomic E-state index is 12.4. The molecular formula is C16H19N3O3S. The molecule has 6 nitrogen and oxygen atoms in total. The van der Waals surface area contributed by atoms with Gasteiger partial charge in [0, 0.05) is 23.1 Å². The maximum Gasteiger partial charge on any atom is 0.245 e. The molecule has 2 aromatic heterocycles. The molecule has 23 heavy (non-hydrogen) atoms. The Morgan fingerprint density at radius 1 is 1.22 bits per heavy atom. The number of sulfonamides is 1. The number of nitrogens with one attached hydrogen (secondary N) is 2. The van der Waals surface area contributed by atoms with Crippen LogP contribution in [-0.2, 0) is 16.4 Å². The van der Waals surface area contributed by atoms with Gasteiger partial charge in [0.05, 0.1) is 0 Å². The predicted molar refractivity (Wildman–Crippen MR) is 87.9 cm³/mol. The molecule has 0 bridgehead atoms. The van der Waals surface area contributed by atoms with Gasteiger partial charge in [-0.1, -0.05) is 23.4 Å². The summed E-state index contributed by atoms with van der Waals surface area (Å²) in [6.45, 7) is 5.53. The zero-order valence-electron chi connectivity index (χ0n) is 13.3. The molecule has 0 radical (unpaired) electrons. The molecule has 2 N–H and O–H groups in total. The van der Waals surface area contributed by atoms with Gasteiger partial charge in [-0.05, 0) is 38.8 Å². The van der Waals surface area contributed by atoms with Gasteiger partial charge in [0.25, 0.3) is 0 Å². The molecule has 3 rings (SSSR count). The highest BCUT2D eigenvalue weighted by atomic mass is 32.2. The van der Waals surface area contributed by atoms with Gasteiger partial charge in [0.15, 0.2) is 5.76 Å². The minimum Gasteiger partial charge on any atom is -0.360 e. The Bertz CT molecular complexity index is 935. The Morgan fingerprint density at radius 3 is 2.65 bits per heavy atom. The lowest BCUT2D eigenvalue weighted by Gasteiger charge is -2.06. The minimum atomic E-state index is -3.61. The summed E-state index contributed by atoms with van der Waals surface area (Å²) < 4.78 is 32.4. The van der Waals surface area contributed by atoms with E-state index in [4.69, 9.17) is 4.52 Å². The molecule has 2 heterocycles. The zero-order valence-corrected chi connectivity index (χ0v) is 14.1. The molecule has 122 valence electrons. The predicted octanol–water partition coefficient (Wildman–Crippen LogP) is 2.60. The molecule has 0 aliphatic rings. The number of rotatable bonds is 5. The number of hydrogen-bond donors (Lipinski definition) is 2. The van der Waals surface area contributed by atoms with Crippen molar-refractivity contribution in [2.75, 3.05) is 6.54 Å². The first-order chi connectivity index (χ1) is 10.9. The van der Waals surface area contributed by atoms with E-state index in [2.05, 4.69) is 14.9 Å². The number of aromatic nitrogens is 2. The van der Waals surface area contributed by atoms with Crippen molar-refractivity contribution in [3.8, 4) is 0 Å². The molecular weight excluding hydrogens is 314 g/mol. The molecule has 3 aromatic rings. The van der Waals surface area contributed by atoms with E-state index in [-0.39, 0.29) is 4.90 Å². The van der Waals surface area contributed by atoms with E-state index in [0.717, 1.165) is 22.2 Å². The van der Waals surface area contributed by atoms with Gasteiger partial charge in [0.2, 0.25) is 10.0 Å². The lowest BCUT2D eigenvalue weighted by atomic mass is 10.1. The van der Waals surface area contributed by atoms with Crippen LogP contribution >= 0.6 is 0 Å². The summed E-state index contributed by atoms with van der Waals surface area (Å²) in [6, 6.07) is 8.01. The van der Waals surface area contributed by atoms with Gasteiger partial charge >= 0.3 is 0 Å². The molecule has 0 amide bonds. The first-order valence-electron chi connectivity index (χ1n) is 7.39. The van der Waals surface area contributed by atoms with E-state index in [1.807, 2.05) is 31.2 Å². The highest BCUT2D eigenvalue weighted by molar-refractivity contribution is 7.89. The van der Waals surface area contributed by atoms with Gasteiger partial charge in [-0.15, -0.1) is 0 Å². The molecule has 0 saturated heterocycles. The van der Waals surface area contributed by atoms with Crippen LogP contribution in [0.25, 0.3) is 10.9 Å². The van der Waals surface area contributed by atoms with Gasteiger partial charge in [-0.25, -0.2) is 13.1 Å². The molecule has 0 fully saturated rings. The van der Waals surface area contributed by atoms with Gasteiger partial charge in [-0.2, -0.15) is 0 Å². The molecule has 0 aliphatic heterocycles. The standard InChI is InChI=1S/C16H19N3O3S/c1-10-13(14-6-4-5-7-15(14)18-10)8-9-17-23(20,21)16-11(2)19-22-12(16)3/h4-7,17-18H,8-9H2,1-3H3. The Balaban J connectivity index is 1.78. The number of benzene rings is 1. The third-order valence-electron chi connectivity index (χ3n) is 3.93. The van der Waals surface area contributed by atoms with Crippen LogP contribution in [0, 0.1) is 20.8 Å². The molecule has 0 unspecified atom stereocenters. The molecule has 0 saturated carbocycles. The van der Waals surface area contributed by atoms with Crippen molar-refractivity contribution in [1.29, 1.82) is 0 Å². The van der Waals surface area contributed by atoms with Crippen LogP contribution in [-0.4, -0.2) is 25.1 Å². The number of para-hydroxylation sites is 1. The minimum absolute atomic E-state index is 0.133. The van der Waals surface area contributed by atoms with Gasteiger partial charge < -0.3 is 9.51 Å². The van der Waals surface area contributed by atoms with E-state index in [1.165, 1.54) is 0 Å². The number of aromatic amines is 1. The summed E-state index contributed by atoms with van der Waals surface area (Å²) in [5.74, 6) is 0.304. The fraction of sp³-hybridized carbons (Fsp3) is 0.312. The Morgan fingerprint density at radius 2 is 1.96 bits per heavy atom. The van der Waals surface area contributed by atoms with Crippen LogP contribution in [0.15, 0.2) is 33.7 Å². The lowest BCUT2D eigenvalue weighted by Crippen LogP contribution is -2.26. The normalized spacial score (nSPS) is 12.1. The summed E-state index contributed by atoms with van der Waals surface area (Å²) in [7, 11) is -3.61. The van der Waals surface area contributed by atoms with E-state index < -0.39 is 10.0 Å². The quantitative estimate of drug-likeness (QED) is 0.751. The number of aryl methyl sites for hydroxylation is 3. The molecule has 7 heteroatoms. The lowest BCUT2D eigenvalue weighted by molar-refractivity contribution is 0.390. The van der Waals surface area contributed by atoms with E-state index in [0.29, 0.717) is 24.4 Å². The number of fused-ring (bicyclic) bond motifs is 1. The van der Waals surface area contributed by atoms with Gasteiger partial charge in [-0.3, -0.25) is 0 Å². The number of hydrogen-bond acceptors (Lipinski definition) is 4. The average molecular weight is 333 g/mol.